The van der Waals surface area contributed by atoms with Crippen molar-refractivity contribution in [1.82, 2.24) is 5.32 Å². The molecule has 0 bridgehead atoms. The summed E-state index contributed by atoms with van der Waals surface area (Å²) in [4.78, 5) is 0. The molecule has 0 amide bonds. The van der Waals surface area contributed by atoms with Crippen LogP contribution in [0.4, 0.5) is 0 Å². The number of ether oxygens (including phenoxy) is 3. The van der Waals surface area contributed by atoms with Gasteiger partial charge in [0.2, 0.25) is 0 Å². The number of hydrogen-bond acceptors (Lipinski definition) is 4. The van der Waals surface area contributed by atoms with E-state index in [1.54, 1.807) is 14.2 Å². The van der Waals surface area contributed by atoms with Crippen LogP contribution in [0.25, 0.3) is 0 Å². The molecule has 0 radical (unpaired) electrons. The molecule has 142 valence electrons. The summed E-state index contributed by atoms with van der Waals surface area (Å²) in [6.45, 7) is 4.41. The number of methoxy groups -OCH3 is 2. The first-order valence-electron chi connectivity index (χ1n) is 8.61. The molecule has 0 saturated heterocycles. The Kier molecular flexibility index (Phi) is 8.75. The van der Waals surface area contributed by atoms with Crippen LogP contribution >= 0.6 is 31.9 Å². The van der Waals surface area contributed by atoms with Gasteiger partial charge in [0, 0.05) is 16.6 Å². The molecule has 0 fully saturated rings. The summed E-state index contributed by atoms with van der Waals surface area (Å²) in [5, 5.41) is 3.49. The van der Waals surface area contributed by atoms with Gasteiger partial charge in [0.25, 0.3) is 0 Å². The van der Waals surface area contributed by atoms with Crippen LogP contribution < -0.4 is 19.5 Å². The molecule has 0 saturated carbocycles. The van der Waals surface area contributed by atoms with E-state index in [0.717, 1.165) is 57.7 Å². The third kappa shape index (κ3) is 5.89. The van der Waals surface area contributed by atoms with E-state index in [0.29, 0.717) is 6.61 Å². The molecule has 0 unspecified atom stereocenters. The molecule has 2 aromatic carbocycles. The van der Waals surface area contributed by atoms with Gasteiger partial charge in [-0.15, -0.1) is 0 Å². The van der Waals surface area contributed by atoms with Gasteiger partial charge in [-0.05, 0) is 65.1 Å². The highest BCUT2D eigenvalue weighted by Crippen LogP contribution is 2.33. The lowest BCUT2D eigenvalue weighted by Crippen LogP contribution is -2.17. The largest absolute Gasteiger partial charge is 0.493 e. The maximum atomic E-state index is 5.91. The number of hydrogen-bond donors (Lipinski definition) is 1. The van der Waals surface area contributed by atoms with Crippen molar-refractivity contribution in [2.75, 3.05) is 27.4 Å². The van der Waals surface area contributed by atoms with Gasteiger partial charge in [-0.25, -0.2) is 0 Å². The van der Waals surface area contributed by atoms with Crippen LogP contribution in [0.3, 0.4) is 0 Å². The van der Waals surface area contributed by atoms with Gasteiger partial charge in [-0.2, -0.15) is 0 Å². The normalized spacial score (nSPS) is 10.7. The third-order valence-electron chi connectivity index (χ3n) is 3.89. The summed E-state index contributed by atoms with van der Waals surface area (Å²) >= 11 is 7.15. The Morgan fingerprint density at radius 2 is 1.77 bits per heavy atom. The van der Waals surface area contributed by atoms with Crippen molar-refractivity contribution in [2.45, 2.75) is 26.3 Å². The smallest absolute Gasteiger partial charge is 0.160 e. The van der Waals surface area contributed by atoms with Crippen molar-refractivity contribution < 1.29 is 14.2 Å². The lowest BCUT2D eigenvalue weighted by molar-refractivity contribution is 0.311. The summed E-state index contributed by atoms with van der Waals surface area (Å²) in [5.74, 6) is 2.42. The zero-order valence-corrected chi connectivity index (χ0v) is 18.6. The van der Waals surface area contributed by atoms with E-state index in [-0.39, 0.29) is 0 Å². The molecular formula is C20H25Br2NO3. The topological polar surface area (TPSA) is 39.7 Å². The van der Waals surface area contributed by atoms with E-state index >= 15 is 0 Å². The monoisotopic (exact) mass is 485 g/mol. The van der Waals surface area contributed by atoms with Gasteiger partial charge >= 0.3 is 0 Å². The van der Waals surface area contributed by atoms with Gasteiger partial charge in [-0.3, -0.25) is 0 Å². The average Bonchev–Trinajstić information content (AvgIpc) is 2.64. The van der Waals surface area contributed by atoms with Crippen molar-refractivity contribution in [3.05, 3.63) is 50.4 Å². The lowest BCUT2D eigenvalue weighted by atomic mass is 10.1. The van der Waals surface area contributed by atoms with Crippen LogP contribution in [-0.4, -0.2) is 27.4 Å². The first-order chi connectivity index (χ1) is 12.6. The molecule has 2 aromatic rings. The van der Waals surface area contributed by atoms with Crippen LogP contribution in [0.5, 0.6) is 17.2 Å². The molecule has 0 heterocycles. The molecule has 6 heteroatoms. The van der Waals surface area contributed by atoms with E-state index in [9.17, 15) is 0 Å². The minimum Gasteiger partial charge on any atom is -0.493 e. The highest BCUT2D eigenvalue weighted by atomic mass is 79.9. The number of nitrogens with one attached hydrogen (secondary N) is 1. The van der Waals surface area contributed by atoms with Crippen LogP contribution in [0, 0.1) is 0 Å². The van der Waals surface area contributed by atoms with Crippen molar-refractivity contribution in [1.29, 1.82) is 0 Å². The summed E-state index contributed by atoms with van der Waals surface area (Å²) in [6, 6.07) is 10.1. The van der Waals surface area contributed by atoms with E-state index in [2.05, 4.69) is 56.2 Å². The summed E-state index contributed by atoms with van der Waals surface area (Å²) in [7, 11) is 3.30. The molecule has 0 atom stereocenters. The quantitative estimate of drug-likeness (QED) is 0.459. The fourth-order valence-electron chi connectivity index (χ4n) is 2.60. The SMILES string of the molecule is CCCOc1c(Br)cc(Br)cc1CNCCc1ccc(OC)c(OC)c1. The maximum Gasteiger partial charge on any atom is 0.160 e. The Morgan fingerprint density at radius 1 is 1.00 bits per heavy atom. The van der Waals surface area contributed by atoms with Crippen molar-refractivity contribution >= 4 is 31.9 Å². The fourth-order valence-corrected chi connectivity index (χ4v) is 4.03. The first-order valence-corrected chi connectivity index (χ1v) is 10.2. The second kappa shape index (κ2) is 10.8. The Morgan fingerprint density at radius 3 is 2.46 bits per heavy atom. The molecule has 1 N–H and O–H groups in total. The molecule has 2 rings (SSSR count). The minimum atomic E-state index is 0.707. The predicted octanol–water partition coefficient (Wildman–Crippen LogP) is 5.35. The number of halogens is 2. The summed E-state index contributed by atoms with van der Waals surface area (Å²) < 4.78 is 18.5. The zero-order valence-electron chi connectivity index (χ0n) is 15.4. The summed E-state index contributed by atoms with van der Waals surface area (Å²) in [6.07, 6.45) is 1.88. The summed E-state index contributed by atoms with van der Waals surface area (Å²) in [5.41, 5.74) is 2.33. The molecule has 0 spiro atoms. The standard InChI is InChI=1S/C20H25Br2NO3/c1-4-9-26-20-15(11-16(21)12-17(20)22)13-23-8-7-14-5-6-18(24-2)19(10-14)25-3/h5-6,10-12,23H,4,7-9,13H2,1-3H3. The zero-order chi connectivity index (χ0) is 18.9. The highest BCUT2D eigenvalue weighted by Gasteiger charge is 2.10. The number of rotatable bonds is 10. The molecule has 0 aliphatic rings. The van der Waals surface area contributed by atoms with Gasteiger partial charge in [0.05, 0.1) is 25.3 Å². The number of benzene rings is 2. The Labute approximate surface area is 172 Å². The van der Waals surface area contributed by atoms with Gasteiger partial charge < -0.3 is 19.5 Å². The van der Waals surface area contributed by atoms with Crippen LogP contribution in [0.1, 0.15) is 24.5 Å². The molecule has 0 aromatic heterocycles. The Bertz CT molecular complexity index is 722. The van der Waals surface area contributed by atoms with E-state index in [4.69, 9.17) is 14.2 Å². The third-order valence-corrected chi connectivity index (χ3v) is 4.94. The van der Waals surface area contributed by atoms with E-state index in [1.807, 2.05) is 18.2 Å². The van der Waals surface area contributed by atoms with Crippen molar-refractivity contribution in [3.63, 3.8) is 0 Å². The lowest BCUT2D eigenvalue weighted by Gasteiger charge is -2.15. The fraction of sp³-hybridized carbons (Fsp3) is 0.400. The predicted molar refractivity (Wildman–Crippen MR) is 113 cm³/mol. The molecule has 0 aliphatic carbocycles. The van der Waals surface area contributed by atoms with Crippen molar-refractivity contribution in [2.24, 2.45) is 0 Å². The first kappa shape index (κ1) is 21.1. The second-order valence-corrected chi connectivity index (χ2v) is 7.61. The van der Waals surface area contributed by atoms with Crippen LogP contribution in [0.15, 0.2) is 39.3 Å². The Balaban J connectivity index is 1.95. The molecular weight excluding hydrogens is 462 g/mol. The van der Waals surface area contributed by atoms with E-state index < -0.39 is 0 Å². The minimum absolute atomic E-state index is 0.707. The van der Waals surface area contributed by atoms with Crippen LogP contribution in [-0.2, 0) is 13.0 Å². The Hall–Kier alpha value is -1.24. The van der Waals surface area contributed by atoms with Crippen LogP contribution in [0.2, 0.25) is 0 Å². The highest BCUT2D eigenvalue weighted by molar-refractivity contribution is 9.11. The molecule has 0 aliphatic heterocycles. The molecule has 4 nitrogen and oxygen atoms in total. The molecule has 26 heavy (non-hydrogen) atoms. The average molecular weight is 487 g/mol. The second-order valence-electron chi connectivity index (χ2n) is 5.84. The van der Waals surface area contributed by atoms with Gasteiger partial charge in [-0.1, -0.05) is 28.9 Å². The van der Waals surface area contributed by atoms with Gasteiger partial charge in [0.15, 0.2) is 11.5 Å². The maximum absolute atomic E-state index is 5.91. The van der Waals surface area contributed by atoms with E-state index in [1.165, 1.54) is 5.56 Å². The van der Waals surface area contributed by atoms with Gasteiger partial charge in [0.1, 0.15) is 5.75 Å². The van der Waals surface area contributed by atoms with Crippen molar-refractivity contribution in [3.8, 4) is 17.2 Å².